The van der Waals surface area contributed by atoms with Crippen molar-refractivity contribution in [2.75, 3.05) is 0 Å². The quantitative estimate of drug-likeness (QED) is 0.922. The summed E-state index contributed by atoms with van der Waals surface area (Å²) in [5, 5.41) is 9.46. The predicted molar refractivity (Wildman–Crippen MR) is 71.6 cm³/mol. The van der Waals surface area contributed by atoms with Gasteiger partial charge in [0.15, 0.2) is 0 Å². The second-order valence-electron chi connectivity index (χ2n) is 4.29. The van der Waals surface area contributed by atoms with Crippen LogP contribution in [0, 0.1) is 13.8 Å². The maximum absolute atomic E-state index is 10.6. The summed E-state index contributed by atoms with van der Waals surface area (Å²) in [5.41, 5.74) is 3.83. The van der Waals surface area contributed by atoms with E-state index in [1.54, 1.807) is 0 Å². The van der Waals surface area contributed by atoms with Gasteiger partial charge >= 0.3 is 5.97 Å². The number of halogens is 1. The first kappa shape index (κ1) is 12.7. The summed E-state index contributed by atoms with van der Waals surface area (Å²) in [6.07, 6.45) is 0.0463. The highest BCUT2D eigenvalue weighted by atomic mass is 35.5. The molecule has 0 atom stereocenters. The molecule has 0 bridgehead atoms. The topological polar surface area (TPSA) is 42.2 Å². The zero-order valence-corrected chi connectivity index (χ0v) is 11.0. The van der Waals surface area contributed by atoms with E-state index >= 15 is 0 Å². The fourth-order valence-corrected chi connectivity index (χ4v) is 2.30. The highest BCUT2D eigenvalue weighted by molar-refractivity contribution is 6.31. The van der Waals surface area contributed by atoms with Crippen molar-refractivity contribution in [1.29, 1.82) is 0 Å². The number of benzene rings is 1. The van der Waals surface area contributed by atoms with Gasteiger partial charge in [0.1, 0.15) is 0 Å². The molecule has 0 unspecified atom stereocenters. The highest BCUT2D eigenvalue weighted by Gasteiger charge is 2.09. The summed E-state index contributed by atoms with van der Waals surface area (Å²) in [4.78, 5) is 10.6. The number of carboxylic acid groups (broad SMARTS) is 1. The van der Waals surface area contributed by atoms with Gasteiger partial charge in [-0.3, -0.25) is 4.79 Å². The summed E-state index contributed by atoms with van der Waals surface area (Å²) >= 11 is 6.09. The Hall–Kier alpha value is -1.74. The maximum atomic E-state index is 10.6. The molecule has 0 spiro atoms. The number of hydrogen-bond donors (Lipinski definition) is 1. The molecule has 1 heterocycles. The summed E-state index contributed by atoms with van der Waals surface area (Å²) < 4.78 is 2.05. The average molecular weight is 264 g/mol. The third-order valence-corrected chi connectivity index (χ3v) is 3.30. The van der Waals surface area contributed by atoms with Crippen LogP contribution in [0.25, 0.3) is 5.69 Å². The van der Waals surface area contributed by atoms with Gasteiger partial charge in [0.05, 0.1) is 11.4 Å². The lowest BCUT2D eigenvalue weighted by Gasteiger charge is -2.10. The minimum absolute atomic E-state index is 0.0463. The van der Waals surface area contributed by atoms with Gasteiger partial charge < -0.3 is 9.67 Å². The van der Waals surface area contributed by atoms with Crippen LogP contribution >= 0.6 is 11.6 Å². The number of aliphatic carboxylic acids is 1. The molecule has 1 N–H and O–H groups in total. The molecule has 94 valence electrons. The fourth-order valence-electron chi connectivity index (χ4n) is 2.06. The molecule has 0 saturated carbocycles. The van der Waals surface area contributed by atoms with Gasteiger partial charge in [-0.2, -0.15) is 0 Å². The molecule has 18 heavy (non-hydrogen) atoms. The van der Waals surface area contributed by atoms with Crippen LogP contribution in [0.4, 0.5) is 0 Å². The number of aromatic nitrogens is 1. The average Bonchev–Trinajstić information content (AvgIpc) is 2.54. The third kappa shape index (κ3) is 2.41. The Bertz CT molecular complexity index is 585. The molecule has 1 aromatic heterocycles. The van der Waals surface area contributed by atoms with Crippen molar-refractivity contribution < 1.29 is 9.90 Å². The molecular formula is C14H14ClNO2. The molecule has 0 saturated heterocycles. The molecule has 0 amide bonds. The highest BCUT2D eigenvalue weighted by Crippen LogP contribution is 2.24. The number of hydrogen-bond acceptors (Lipinski definition) is 1. The Morgan fingerprint density at radius 2 is 1.89 bits per heavy atom. The largest absolute Gasteiger partial charge is 0.481 e. The van der Waals surface area contributed by atoms with Gasteiger partial charge in [-0.05, 0) is 37.6 Å². The molecule has 1 aromatic carbocycles. The van der Waals surface area contributed by atoms with Gasteiger partial charge in [0, 0.05) is 17.1 Å². The number of aryl methyl sites for hydroxylation is 1. The van der Waals surface area contributed by atoms with Crippen LogP contribution in [0.3, 0.4) is 0 Å². The first-order valence-electron chi connectivity index (χ1n) is 5.64. The van der Waals surface area contributed by atoms with Crippen LogP contribution in [0.5, 0.6) is 0 Å². The van der Waals surface area contributed by atoms with Crippen molar-refractivity contribution in [2.24, 2.45) is 0 Å². The summed E-state index contributed by atoms with van der Waals surface area (Å²) in [7, 11) is 0. The second kappa shape index (κ2) is 4.86. The fraction of sp³-hybridized carbons (Fsp3) is 0.214. The zero-order chi connectivity index (χ0) is 13.3. The van der Waals surface area contributed by atoms with E-state index in [1.807, 2.05) is 48.7 Å². The van der Waals surface area contributed by atoms with Crippen LogP contribution in [0.15, 0.2) is 30.3 Å². The maximum Gasteiger partial charge on any atom is 0.307 e. The smallest absolute Gasteiger partial charge is 0.307 e. The Kier molecular flexibility index (Phi) is 3.43. The van der Waals surface area contributed by atoms with E-state index in [2.05, 4.69) is 0 Å². The normalized spacial score (nSPS) is 10.6. The lowest BCUT2D eigenvalue weighted by Crippen LogP contribution is -2.02. The number of carbonyl (C=O) groups is 1. The molecular weight excluding hydrogens is 250 g/mol. The standard InChI is InChI=1S/C14H14ClNO2/c1-9-7-13(15)10(2)16(9)12-5-3-11(4-6-12)8-14(17)18/h3-7H,8H2,1-2H3,(H,17,18). The summed E-state index contributed by atoms with van der Waals surface area (Å²) in [5.74, 6) is -0.820. The molecule has 3 nitrogen and oxygen atoms in total. The van der Waals surface area contributed by atoms with E-state index in [1.165, 1.54) is 0 Å². The van der Waals surface area contributed by atoms with Gasteiger partial charge in [-0.15, -0.1) is 0 Å². The molecule has 0 aliphatic rings. The summed E-state index contributed by atoms with van der Waals surface area (Å²) in [6, 6.07) is 9.40. The first-order chi connectivity index (χ1) is 8.49. The Balaban J connectivity index is 2.37. The molecule has 4 heteroatoms. The van der Waals surface area contributed by atoms with E-state index in [0.29, 0.717) is 0 Å². The van der Waals surface area contributed by atoms with Crippen molar-refractivity contribution in [3.63, 3.8) is 0 Å². The van der Waals surface area contributed by atoms with Crippen molar-refractivity contribution in [3.05, 3.63) is 52.3 Å². The van der Waals surface area contributed by atoms with E-state index < -0.39 is 5.97 Å². The molecule has 0 aliphatic heterocycles. The third-order valence-electron chi connectivity index (χ3n) is 2.92. The van der Waals surface area contributed by atoms with Gasteiger partial charge in [0.25, 0.3) is 0 Å². The van der Waals surface area contributed by atoms with Crippen LogP contribution in [0.2, 0.25) is 5.02 Å². The second-order valence-corrected chi connectivity index (χ2v) is 4.70. The van der Waals surface area contributed by atoms with Gasteiger partial charge in [-0.25, -0.2) is 0 Å². The number of carboxylic acids is 1. The minimum atomic E-state index is -0.820. The lowest BCUT2D eigenvalue weighted by molar-refractivity contribution is -0.136. The zero-order valence-electron chi connectivity index (χ0n) is 10.3. The van der Waals surface area contributed by atoms with Crippen molar-refractivity contribution in [2.45, 2.75) is 20.3 Å². The van der Waals surface area contributed by atoms with Crippen molar-refractivity contribution in [3.8, 4) is 5.69 Å². The van der Waals surface area contributed by atoms with Crippen LogP contribution in [0.1, 0.15) is 17.0 Å². The monoisotopic (exact) mass is 263 g/mol. The van der Waals surface area contributed by atoms with E-state index in [9.17, 15) is 4.79 Å². The van der Waals surface area contributed by atoms with Crippen LogP contribution < -0.4 is 0 Å². The SMILES string of the molecule is Cc1cc(Cl)c(C)n1-c1ccc(CC(=O)O)cc1. The Morgan fingerprint density at radius 3 is 2.33 bits per heavy atom. The van der Waals surface area contributed by atoms with Crippen molar-refractivity contribution in [1.82, 2.24) is 4.57 Å². The van der Waals surface area contributed by atoms with Crippen molar-refractivity contribution >= 4 is 17.6 Å². The van der Waals surface area contributed by atoms with Gasteiger partial charge in [0.2, 0.25) is 0 Å². The minimum Gasteiger partial charge on any atom is -0.481 e. The lowest BCUT2D eigenvalue weighted by atomic mass is 10.1. The molecule has 0 aliphatic carbocycles. The van der Waals surface area contributed by atoms with E-state index in [4.69, 9.17) is 16.7 Å². The predicted octanol–water partition coefficient (Wildman–Crippen LogP) is 3.37. The summed E-state index contributed by atoms with van der Waals surface area (Å²) in [6.45, 7) is 3.95. The first-order valence-corrected chi connectivity index (χ1v) is 6.02. The molecule has 2 aromatic rings. The number of rotatable bonds is 3. The number of nitrogens with zero attached hydrogens (tertiary/aromatic N) is 1. The van der Waals surface area contributed by atoms with E-state index in [-0.39, 0.29) is 6.42 Å². The molecule has 0 fully saturated rings. The Morgan fingerprint density at radius 1 is 1.28 bits per heavy atom. The Labute approximate surface area is 111 Å². The van der Waals surface area contributed by atoms with E-state index in [0.717, 1.165) is 27.7 Å². The molecule has 0 radical (unpaired) electrons. The van der Waals surface area contributed by atoms with Crippen LogP contribution in [-0.2, 0) is 11.2 Å². The van der Waals surface area contributed by atoms with Gasteiger partial charge in [-0.1, -0.05) is 23.7 Å². The van der Waals surface area contributed by atoms with Crippen LogP contribution in [-0.4, -0.2) is 15.6 Å². The molecule has 2 rings (SSSR count).